The Kier molecular flexibility index (Phi) is 4.89. The second-order valence-electron chi connectivity index (χ2n) is 4.84. The van der Waals surface area contributed by atoms with E-state index in [2.05, 4.69) is 0 Å². The molecule has 0 aliphatic carbocycles. The third kappa shape index (κ3) is 3.57. The molecule has 0 aromatic heterocycles. The minimum atomic E-state index is -0.748. The number of carbonyl (C=O) groups excluding carboxylic acids is 1. The van der Waals surface area contributed by atoms with Gasteiger partial charge in [0.1, 0.15) is 5.78 Å². The molecule has 2 atom stereocenters. The Balaban J connectivity index is 2.42. The van der Waals surface area contributed by atoms with Crippen LogP contribution in [0.3, 0.4) is 0 Å². The number of hydrogen-bond donors (Lipinski definition) is 0. The van der Waals surface area contributed by atoms with E-state index in [4.69, 9.17) is 0 Å². The standard InChI is InChI=1S/C13H14N2O5S/c16-13-5-6-21-8-11(13)10(7-14(17)18)9-3-1-2-4-12(9)15(19)20/h1-4,10-11H,5-8H2. The maximum atomic E-state index is 12.1. The maximum Gasteiger partial charge on any atom is 0.273 e. The smallest absolute Gasteiger partial charge is 0.273 e. The molecule has 0 radical (unpaired) electrons. The molecule has 1 aliphatic heterocycles. The molecule has 1 fully saturated rings. The van der Waals surface area contributed by atoms with Crippen LogP contribution in [0.4, 0.5) is 5.69 Å². The van der Waals surface area contributed by atoms with Gasteiger partial charge in [-0.25, -0.2) is 0 Å². The molecule has 2 rings (SSSR count). The highest BCUT2D eigenvalue weighted by molar-refractivity contribution is 7.99. The van der Waals surface area contributed by atoms with Gasteiger partial charge in [-0.15, -0.1) is 0 Å². The predicted molar refractivity (Wildman–Crippen MR) is 78.1 cm³/mol. The van der Waals surface area contributed by atoms with Crippen molar-refractivity contribution in [1.29, 1.82) is 0 Å². The van der Waals surface area contributed by atoms with E-state index in [1.54, 1.807) is 17.8 Å². The normalized spacial score (nSPS) is 20.0. The van der Waals surface area contributed by atoms with E-state index in [1.807, 2.05) is 0 Å². The average molecular weight is 310 g/mol. The zero-order valence-electron chi connectivity index (χ0n) is 11.1. The number of para-hydroxylation sites is 1. The van der Waals surface area contributed by atoms with E-state index in [0.29, 0.717) is 17.9 Å². The zero-order valence-corrected chi connectivity index (χ0v) is 12.0. The van der Waals surface area contributed by atoms with Crippen molar-refractivity contribution >= 4 is 23.2 Å². The Morgan fingerprint density at radius 2 is 2.00 bits per heavy atom. The minimum Gasteiger partial charge on any atom is -0.299 e. The molecule has 0 amide bonds. The quantitative estimate of drug-likeness (QED) is 0.610. The molecule has 2 unspecified atom stereocenters. The van der Waals surface area contributed by atoms with Gasteiger partial charge < -0.3 is 0 Å². The fraction of sp³-hybridized carbons (Fsp3) is 0.462. The number of Topliss-reactive ketones (excluding diaryl/α,β-unsaturated/α-hetero) is 1. The third-order valence-electron chi connectivity index (χ3n) is 3.57. The van der Waals surface area contributed by atoms with Crippen LogP contribution in [0.2, 0.25) is 0 Å². The highest BCUT2D eigenvalue weighted by atomic mass is 32.2. The summed E-state index contributed by atoms with van der Waals surface area (Å²) in [4.78, 5) is 33.1. The van der Waals surface area contributed by atoms with Crippen molar-refractivity contribution in [2.45, 2.75) is 12.3 Å². The summed E-state index contributed by atoms with van der Waals surface area (Å²) < 4.78 is 0. The summed E-state index contributed by atoms with van der Waals surface area (Å²) in [7, 11) is 0. The highest BCUT2D eigenvalue weighted by Crippen LogP contribution is 2.36. The number of benzene rings is 1. The van der Waals surface area contributed by atoms with Crippen LogP contribution in [0.15, 0.2) is 24.3 Å². The molecule has 0 bridgehead atoms. The molecule has 112 valence electrons. The first-order chi connectivity index (χ1) is 10.0. The SMILES string of the molecule is O=C1CCSCC1C(C[N+](=O)[O-])c1ccccc1[N+](=O)[O-]. The zero-order chi connectivity index (χ0) is 15.4. The highest BCUT2D eigenvalue weighted by Gasteiger charge is 2.38. The number of nitrogens with zero attached hydrogens (tertiary/aromatic N) is 2. The summed E-state index contributed by atoms with van der Waals surface area (Å²) in [6.07, 6.45) is 0.365. The monoisotopic (exact) mass is 310 g/mol. The van der Waals surface area contributed by atoms with E-state index in [-0.39, 0.29) is 17.0 Å². The van der Waals surface area contributed by atoms with Crippen LogP contribution in [0.5, 0.6) is 0 Å². The van der Waals surface area contributed by atoms with Crippen molar-refractivity contribution in [1.82, 2.24) is 0 Å². The van der Waals surface area contributed by atoms with Gasteiger partial charge in [0.05, 0.1) is 10.8 Å². The van der Waals surface area contributed by atoms with Crippen molar-refractivity contribution < 1.29 is 14.6 Å². The van der Waals surface area contributed by atoms with Crippen molar-refractivity contribution in [3.63, 3.8) is 0 Å². The summed E-state index contributed by atoms with van der Waals surface area (Å²) in [5.41, 5.74) is 0.118. The number of thioether (sulfide) groups is 1. The van der Waals surface area contributed by atoms with E-state index >= 15 is 0 Å². The molecule has 0 saturated carbocycles. The molecule has 1 aromatic rings. The summed E-state index contributed by atoms with van der Waals surface area (Å²) in [5, 5.41) is 22.1. The van der Waals surface area contributed by atoms with Gasteiger partial charge in [-0.3, -0.25) is 25.0 Å². The van der Waals surface area contributed by atoms with Crippen molar-refractivity contribution in [2.75, 3.05) is 18.1 Å². The Labute approximate surface area is 125 Å². The Morgan fingerprint density at radius 1 is 1.29 bits per heavy atom. The minimum absolute atomic E-state index is 0.0428. The number of nitro groups is 2. The van der Waals surface area contributed by atoms with Crippen molar-refractivity contribution in [2.24, 2.45) is 5.92 Å². The number of rotatable bonds is 5. The van der Waals surface area contributed by atoms with Crippen LogP contribution in [-0.2, 0) is 4.79 Å². The number of hydrogen-bond acceptors (Lipinski definition) is 6. The van der Waals surface area contributed by atoms with Gasteiger partial charge in [-0.05, 0) is 0 Å². The number of nitro benzene ring substituents is 1. The van der Waals surface area contributed by atoms with Gasteiger partial charge in [0.15, 0.2) is 0 Å². The van der Waals surface area contributed by atoms with E-state index in [9.17, 15) is 25.0 Å². The van der Waals surface area contributed by atoms with Gasteiger partial charge in [0.2, 0.25) is 6.54 Å². The van der Waals surface area contributed by atoms with Crippen molar-refractivity contribution in [3.05, 3.63) is 50.1 Å². The first-order valence-electron chi connectivity index (χ1n) is 6.46. The second kappa shape index (κ2) is 6.66. The van der Waals surface area contributed by atoms with Crippen molar-refractivity contribution in [3.8, 4) is 0 Å². The molecular weight excluding hydrogens is 296 g/mol. The first kappa shape index (κ1) is 15.4. The van der Waals surface area contributed by atoms with Gasteiger partial charge in [-0.2, -0.15) is 11.8 Å². The lowest BCUT2D eigenvalue weighted by Gasteiger charge is -2.26. The maximum absolute atomic E-state index is 12.1. The van der Waals surface area contributed by atoms with Crippen LogP contribution in [0.25, 0.3) is 0 Å². The average Bonchev–Trinajstić information content (AvgIpc) is 2.45. The van der Waals surface area contributed by atoms with Gasteiger partial charge >= 0.3 is 0 Å². The van der Waals surface area contributed by atoms with Gasteiger partial charge in [-0.1, -0.05) is 18.2 Å². The molecule has 1 aliphatic rings. The number of carbonyl (C=O) groups is 1. The summed E-state index contributed by atoms with van der Waals surface area (Å²) in [6.45, 7) is -0.470. The Bertz CT molecular complexity index is 577. The lowest BCUT2D eigenvalue weighted by molar-refractivity contribution is -0.484. The third-order valence-corrected chi connectivity index (χ3v) is 4.66. The van der Waals surface area contributed by atoms with Gasteiger partial charge in [0.25, 0.3) is 5.69 Å². The summed E-state index contributed by atoms with van der Waals surface area (Å²) in [5.74, 6) is -0.142. The molecule has 7 nitrogen and oxygen atoms in total. The van der Waals surface area contributed by atoms with Gasteiger partial charge in [0, 0.05) is 40.4 Å². The molecule has 21 heavy (non-hydrogen) atoms. The fourth-order valence-corrected chi connectivity index (χ4v) is 3.76. The van der Waals surface area contributed by atoms with Crippen LogP contribution in [0.1, 0.15) is 17.9 Å². The van der Waals surface area contributed by atoms with E-state index in [0.717, 1.165) is 0 Å². The van der Waals surface area contributed by atoms with Crippen LogP contribution in [-0.4, -0.2) is 33.7 Å². The topological polar surface area (TPSA) is 103 Å². The lowest BCUT2D eigenvalue weighted by Crippen LogP contribution is -2.32. The van der Waals surface area contributed by atoms with Crippen LogP contribution in [0, 0.1) is 26.1 Å². The molecule has 8 heteroatoms. The summed E-state index contributed by atoms with van der Waals surface area (Å²) in [6, 6.07) is 5.96. The molecular formula is C13H14N2O5S. The number of ketones is 1. The predicted octanol–water partition coefficient (Wildman–Crippen LogP) is 2.28. The van der Waals surface area contributed by atoms with E-state index in [1.165, 1.54) is 18.2 Å². The Morgan fingerprint density at radius 3 is 2.62 bits per heavy atom. The van der Waals surface area contributed by atoms with Crippen LogP contribution < -0.4 is 0 Å². The largest absolute Gasteiger partial charge is 0.299 e. The lowest BCUT2D eigenvalue weighted by atomic mass is 9.82. The molecule has 0 spiro atoms. The fourth-order valence-electron chi connectivity index (χ4n) is 2.57. The molecule has 0 N–H and O–H groups in total. The van der Waals surface area contributed by atoms with Crippen LogP contribution >= 0.6 is 11.8 Å². The second-order valence-corrected chi connectivity index (χ2v) is 5.99. The summed E-state index contributed by atoms with van der Waals surface area (Å²) >= 11 is 1.56. The van der Waals surface area contributed by atoms with E-state index < -0.39 is 28.2 Å². The first-order valence-corrected chi connectivity index (χ1v) is 7.61. The molecule has 1 heterocycles. The Hall–Kier alpha value is -1.96. The molecule has 1 aromatic carbocycles. The molecule has 1 saturated heterocycles.